The van der Waals surface area contributed by atoms with Crippen LogP contribution in [0.5, 0.6) is 0 Å². The topological polar surface area (TPSA) is 60.9 Å². The molecule has 1 aromatic heterocycles. The molecular formula is C8H11N3OS. The fourth-order valence-electron chi connectivity index (χ4n) is 0.816. The van der Waals surface area contributed by atoms with Crippen LogP contribution in [-0.4, -0.2) is 21.1 Å². The lowest BCUT2D eigenvalue weighted by Crippen LogP contribution is -2.40. The summed E-state index contributed by atoms with van der Waals surface area (Å²) in [6.45, 7) is 3.69. The smallest absolute Gasteiger partial charge is 0.153 e. The average Bonchev–Trinajstić information content (AvgIpc) is 2.51. The van der Waals surface area contributed by atoms with E-state index in [1.54, 1.807) is 10.9 Å². The number of thiocarbonyl (C=S) groups is 1. The zero-order valence-corrected chi connectivity index (χ0v) is 8.34. The number of carbonyl (C=O) groups excluding carboxylic acids is 1. The van der Waals surface area contributed by atoms with Crippen LogP contribution in [0.3, 0.4) is 0 Å². The van der Waals surface area contributed by atoms with Gasteiger partial charge in [0.1, 0.15) is 10.5 Å². The lowest BCUT2D eigenvalue weighted by molar-refractivity contribution is 0.112. The molecule has 70 valence electrons. The van der Waals surface area contributed by atoms with Crippen molar-refractivity contribution in [3.8, 4) is 0 Å². The first-order chi connectivity index (χ1) is 5.98. The van der Waals surface area contributed by atoms with Crippen molar-refractivity contribution >= 4 is 23.5 Å². The molecule has 0 aromatic carbocycles. The van der Waals surface area contributed by atoms with E-state index < -0.39 is 5.54 Å². The summed E-state index contributed by atoms with van der Waals surface area (Å²) in [7, 11) is 0. The summed E-state index contributed by atoms with van der Waals surface area (Å²) in [6, 6.07) is 0. The summed E-state index contributed by atoms with van der Waals surface area (Å²) in [6.07, 6.45) is 3.83. The van der Waals surface area contributed by atoms with Crippen LogP contribution in [0.4, 0.5) is 0 Å². The van der Waals surface area contributed by atoms with Crippen LogP contribution in [0.15, 0.2) is 12.4 Å². The average molecular weight is 197 g/mol. The Balaban J connectivity index is 3.07. The van der Waals surface area contributed by atoms with E-state index >= 15 is 0 Å². The van der Waals surface area contributed by atoms with E-state index in [-0.39, 0.29) is 0 Å². The molecule has 0 saturated carbocycles. The number of aldehydes is 1. The molecule has 13 heavy (non-hydrogen) atoms. The van der Waals surface area contributed by atoms with Crippen molar-refractivity contribution in [2.45, 2.75) is 19.4 Å². The number of hydrogen-bond acceptors (Lipinski definition) is 3. The van der Waals surface area contributed by atoms with E-state index in [4.69, 9.17) is 18.0 Å². The van der Waals surface area contributed by atoms with Gasteiger partial charge in [0.05, 0.1) is 11.8 Å². The molecule has 1 aromatic rings. The molecule has 2 N–H and O–H groups in total. The molecule has 0 bridgehead atoms. The monoisotopic (exact) mass is 197 g/mol. The Bertz CT molecular complexity index is 343. The van der Waals surface area contributed by atoms with Gasteiger partial charge in [0.15, 0.2) is 6.29 Å². The molecule has 4 nitrogen and oxygen atoms in total. The molecule has 0 fully saturated rings. The molecule has 0 saturated heterocycles. The number of aromatic nitrogens is 2. The molecular weight excluding hydrogens is 186 g/mol. The molecule has 0 atom stereocenters. The van der Waals surface area contributed by atoms with Crippen LogP contribution < -0.4 is 5.73 Å². The van der Waals surface area contributed by atoms with Crippen molar-refractivity contribution in [3.63, 3.8) is 0 Å². The Morgan fingerprint density at radius 2 is 2.38 bits per heavy atom. The Morgan fingerprint density at radius 3 is 2.77 bits per heavy atom. The minimum Gasteiger partial charge on any atom is -0.391 e. The molecule has 1 rings (SSSR count). The number of hydrogen-bond donors (Lipinski definition) is 1. The minimum absolute atomic E-state index is 0.341. The second-order valence-corrected chi connectivity index (χ2v) is 3.70. The van der Waals surface area contributed by atoms with Crippen LogP contribution >= 0.6 is 12.2 Å². The third-order valence-corrected chi connectivity index (χ3v) is 2.41. The maximum Gasteiger partial charge on any atom is 0.153 e. The summed E-state index contributed by atoms with van der Waals surface area (Å²) in [5.41, 5.74) is 5.52. The molecule has 0 aliphatic rings. The van der Waals surface area contributed by atoms with E-state index in [0.717, 1.165) is 6.29 Å². The van der Waals surface area contributed by atoms with Gasteiger partial charge in [0.25, 0.3) is 0 Å². The van der Waals surface area contributed by atoms with Crippen LogP contribution in [-0.2, 0) is 5.54 Å². The highest BCUT2D eigenvalue weighted by molar-refractivity contribution is 7.80. The van der Waals surface area contributed by atoms with Crippen LogP contribution in [0.1, 0.15) is 24.2 Å². The van der Waals surface area contributed by atoms with Crippen LogP contribution in [0, 0.1) is 0 Å². The zero-order chi connectivity index (χ0) is 10.1. The minimum atomic E-state index is -0.531. The van der Waals surface area contributed by atoms with Gasteiger partial charge in [0, 0.05) is 6.20 Å². The lowest BCUT2D eigenvalue weighted by Gasteiger charge is -2.23. The van der Waals surface area contributed by atoms with Gasteiger partial charge in [-0.3, -0.25) is 9.48 Å². The van der Waals surface area contributed by atoms with Crippen molar-refractivity contribution in [2.75, 3.05) is 0 Å². The molecule has 0 radical (unpaired) electrons. The van der Waals surface area contributed by atoms with E-state index in [1.807, 2.05) is 13.8 Å². The maximum absolute atomic E-state index is 10.4. The molecule has 0 aliphatic heterocycles. The number of carbonyl (C=O) groups is 1. The predicted octanol–water partition coefficient (Wildman–Crippen LogP) is 0.717. The summed E-state index contributed by atoms with van der Waals surface area (Å²) in [4.78, 5) is 10.7. The standard InChI is InChI=1S/C8H11N3OS/c1-8(2,7(9)13)11-4-6(5-12)3-10-11/h3-5H,1-2H3,(H2,9,13). The van der Waals surface area contributed by atoms with Crippen LogP contribution in [0.25, 0.3) is 0 Å². The molecule has 0 amide bonds. The first kappa shape index (κ1) is 9.85. The SMILES string of the molecule is CC(C)(C(N)=S)n1cc(C=O)cn1. The Hall–Kier alpha value is -1.23. The van der Waals surface area contributed by atoms with Gasteiger partial charge in [-0.2, -0.15) is 5.10 Å². The van der Waals surface area contributed by atoms with Gasteiger partial charge in [0.2, 0.25) is 0 Å². The maximum atomic E-state index is 10.4. The molecule has 0 aliphatic carbocycles. The van der Waals surface area contributed by atoms with Crippen molar-refractivity contribution in [2.24, 2.45) is 5.73 Å². The first-order valence-electron chi connectivity index (χ1n) is 3.78. The van der Waals surface area contributed by atoms with Gasteiger partial charge >= 0.3 is 0 Å². The second kappa shape index (κ2) is 3.26. The number of nitrogens with zero attached hydrogens (tertiary/aromatic N) is 2. The van der Waals surface area contributed by atoms with Gasteiger partial charge in [-0.1, -0.05) is 12.2 Å². The van der Waals surface area contributed by atoms with Gasteiger partial charge in [-0.05, 0) is 13.8 Å². The fraction of sp³-hybridized carbons (Fsp3) is 0.375. The Morgan fingerprint density at radius 1 is 1.77 bits per heavy atom. The summed E-state index contributed by atoms with van der Waals surface area (Å²) < 4.78 is 1.58. The fourth-order valence-corrected chi connectivity index (χ4v) is 0.910. The largest absolute Gasteiger partial charge is 0.391 e. The van der Waals surface area contributed by atoms with E-state index in [1.165, 1.54) is 6.20 Å². The highest BCUT2D eigenvalue weighted by Gasteiger charge is 2.24. The van der Waals surface area contributed by atoms with Gasteiger partial charge in [-0.25, -0.2) is 0 Å². The molecule has 5 heteroatoms. The third kappa shape index (κ3) is 1.75. The highest BCUT2D eigenvalue weighted by atomic mass is 32.1. The zero-order valence-electron chi connectivity index (χ0n) is 7.52. The summed E-state index contributed by atoms with van der Waals surface area (Å²) in [5.74, 6) is 0. The van der Waals surface area contributed by atoms with Crippen molar-refractivity contribution < 1.29 is 4.79 Å². The van der Waals surface area contributed by atoms with E-state index in [9.17, 15) is 4.79 Å². The lowest BCUT2D eigenvalue weighted by atomic mass is 10.1. The first-order valence-corrected chi connectivity index (χ1v) is 4.19. The highest BCUT2D eigenvalue weighted by Crippen LogP contribution is 2.14. The van der Waals surface area contributed by atoms with Gasteiger partial charge < -0.3 is 5.73 Å². The normalized spacial score (nSPS) is 11.2. The van der Waals surface area contributed by atoms with Crippen molar-refractivity contribution in [3.05, 3.63) is 18.0 Å². The Labute approximate surface area is 81.7 Å². The molecule has 0 unspecified atom stereocenters. The summed E-state index contributed by atoms with van der Waals surface area (Å²) in [5, 5.41) is 4.00. The molecule has 0 spiro atoms. The summed E-state index contributed by atoms with van der Waals surface area (Å²) >= 11 is 4.89. The van der Waals surface area contributed by atoms with E-state index in [0.29, 0.717) is 10.6 Å². The quantitative estimate of drug-likeness (QED) is 0.573. The second-order valence-electron chi connectivity index (χ2n) is 3.26. The van der Waals surface area contributed by atoms with Crippen molar-refractivity contribution in [1.29, 1.82) is 0 Å². The predicted molar refractivity (Wildman–Crippen MR) is 53.7 cm³/mol. The van der Waals surface area contributed by atoms with E-state index in [2.05, 4.69) is 5.10 Å². The molecule has 1 heterocycles. The van der Waals surface area contributed by atoms with Crippen LogP contribution in [0.2, 0.25) is 0 Å². The van der Waals surface area contributed by atoms with Gasteiger partial charge in [-0.15, -0.1) is 0 Å². The van der Waals surface area contributed by atoms with Crippen molar-refractivity contribution in [1.82, 2.24) is 9.78 Å². The Kier molecular flexibility index (Phi) is 2.47. The number of nitrogens with two attached hydrogens (primary N) is 1. The number of rotatable bonds is 3. The third-order valence-electron chi connectivity index (χ3n) is 1.91.